The predicted octanol–water partition coefficient (Wildman–Crippen LogP) is 2.96. The Kier molecular flexibility index (Phi) is 7.00. The maximum absolute atomic E-state index is 10.6. The third-order valence-electron chi connectivity index (χ3n) is 4.10. The van der Waals surface area contributed by atoms with Gasteiger partial charge >= 0.3 is 12.1 Å². The molecular weight excluding hydrogens is 423 g/mol. The molecule has 0 fully saturated rings. The molecule has 0 atom stereocenters. The summed E-state index contributed by atoms with van der Waals surface area (Å²) in [5, 5.41) is 17.8. The molecule has 0 aliphatic carbocycles. The van der Waals surface area contributed by atoms with E-state index in [0.29, 0.717) is 12.5 Å². The molecule has 4 rings (SSSR count). The first-order valence-electron chi connectivity index (χ1n) is 8.82. The van der Waals surface area contributed by atoms with Crippen molar-refractivity contribution < 1.29 is 27.8 Å². The molecule has 0 unspecified atom stereocenters. The van der Waals surface area contributed by atoms with Crippen LogP contribution in [0.15, 0.2) is 41.9 Å². The molecule has 8 nitrogen and oxygen atoms in total. The minimum atomic E-state index is -5.08. The van der Waals surface area contributed by atoms with Gasteiger partial charge in [-0.3, -0.25) is 4.90 Å². The molecule has 12 heteroatoms. The number of hydrogen-bond acceptors (Lipinski definition) is 7. The van der Waals surface area contributed by atoms with Crippen LogP contribution in [-0.4, -0.2) is 48.4 Å². The summed E-state index contributed by atoms with van der Waals surface area (Å²) in [6.07, 6.45) is -3.36. The van der Waals surface area contributed by atoms with Crippen LogP contribution in [-0.2, 0) is 31.0 Å². The maximum atomic E-state index is 10.6. The highest BCUT2D eigenvalue weighted by atomic mass is 32.1. The van der Waals surface area contributed by atoms with Crippen molar-refractivity contribution in [2.45, 2.75) is 32.4 Å². The first kappa shape index (κ1) is 21.7. The number of carboxylic acid groups (broad SMARTS) is 1. The Balaban J connectivity index is 0.000000318. The topological polar surface area (TPSA) is 93.4 Å². The molecule has 0 spiro atoms. The van der Waals surface area contributed by atoms with Crippen LogP contribution in [0.25, 0.3) is 0 Å². The van der Waals surface area contributed by atoms with Crippen LogP contribution >= 0.6 is 11.3 Å². The third kappa shape index (κ3) is 6.00. The van der Waals surface area contributed by atoms with Crippen molar-refractivity contribution in [3.05, 3.63) is 58.4 Å². The molecular formula is C18H18F3N5O3S. The molecule has 1 aliphatic rings. The Hall–Kier alpha value is -2.99. The highest BCUT2D eigenvalue weighted by molar-refractivity contribution is 7.09. The van der Waals surface area contributed by atoms with Crippen LogP contribution < -0.4 is 4.74 Å². The molecule has 1 aliphatic heterocycles. The van der Waals surface area contributed by atoms with Crippen molar-refractivity contribution in [3.8, 4) is 5.88 Å². The Morgan fingerprint density at radius 3 is 2.63 bits per heavy atom. The highest BCUT2D eigenvalue weighted by Crippen LogP contribution is 2.18. The van der Waals surface area contributed by atoms with Crippen molar-refractivity contribution in [2.24, 2.45) is 0 Å². The fourth-order valence-corrected chi connectivity index (χ4v) is 3.45. The zero-order chi connectivity index (χ0) is 21.6. The van der Waals surface area contributed by atoms with Crippen LogP contribution in [0, 0.1) is 0 Å². The molecule has 0 aromatic carbocycles. The van der Waals surface area contributed by atoms with Gasteiger partial charge in [-0.15, -0.1) is 21.5 Å². The monoisotopic (exact) mass is 441 g/mol. The first-order chi connectivity index (χ1) is 14.3. The maximum Gasteiger partial charge on any atom is 0.490 e. The van der Waals surface area contributed by atoms with E-state index in [0.717, 1.165) is 37.8 Å². The summed E-state index contributed by atoms with van der Waals surface area (Å²) < 4.78 is 39.6. The van der Waals surface area contributed by atoms with E-state index >= 15 is 0 Å². The summed E-state index contributed by atoms with van der Waals surface area (Å²) in [7, 11) is 0. The number of aliphatic carboxylic acids is 1. The number of thiophene rings is 1. The number of pyridine rings is 1. The molecule has 0 saturated heterocycles. The summed E-state index contributed by atoms with van der Waals surface area (Å²) in [5.74, 6) is -0.277. The second-order valence-electron chi connectivity index (χ2n) is 6.23. The molecule has 3 aromatic heterocycles. The van der Waals surface area contributed by atoms with Crippen LogP contribution in [0.3, 0.4) is 0 Å². The molecule has 0 radical (unpaired) electrons. The van der Waals surface area contributed by atoms with Gasteiger partial charge in [0.15, 0.2) is 5.82 Å². The minimum Gasteiger partial charge on any atom is -0.475 e. The fourth-order valence-electron chi connectivity index (χ4n) is 2.70. The van der Waals surface area contributed by atoms with Crippen molar-refractivity contribution in [1.82, 2.24) is 24.6 Å². The first-order valence-corrected chi connectivity index (χ1v) is 9.70. The van der Waals surface area contributed by atoms with Crippen molar-refractivity contribution in [2.75, 3.05) is 6.54 Å². The smallest absolute Gasteiger partial charge is 0.475 e. The molecule has 0 saturated carbocycles. The van der Waals surface area contributed by atoms with E-state index in [2.05, 4.69) is 42.2 Å². The fraction of sp³-hybridized carbons (Fsp3) is 0.333. The summed E-state index contributed by atoms with van der Waals surface area (Å²) >= 11 is 1.80. The normalized spacial score (nSPS) is 13.8. The Morgan fingerprint density at radius 2 is 2.00 bits per heavy atom. The highest BCUT2D eigenvalue weighted by Gasteiger charge is 2.38. The van der Waals surface area contributed by atoms with E-state index in [1.807, 2.05) is 18.2 Å². The standard InChI is InChI=1S/C16H17N5OS.C2HF3O2/c1-2-6-17-16(5-1)22-12-15-19-18-14-11-20(7-8-21(14)15)10-13-4-3-9-23-13;3-2(4,5)1(6)7/h1-6,9H,7-8,10-12H2;(H,6,7). The van der Waals surface area contributed by atoms with Gasteiger partial charge in [0.05, 0.1) is 6.54 Å². The minimum absolute atomic E-state index is 0.398. The van der Waals surface area contributed by atoms with Gasteiger partial charge in [-0.25, -0.2) is 9.78 Å². The molecule has 30 heavy (non-hydrogen) atoms. The van der Waals surface area contributed by atoms with E-state index in [-0.39, 0.29) is 0 Å². The lowest BCUT2D eigenvalue weighted by atomic mass is 10.3. The van der Waals surface area contributed by atoms with Crippen LogP contribution in [0.1, 0.15) is 16.5 Å². The van der Waals surface area contributed by atoms with E-state index in [9.17, 15) is 13.2 Å². The third-order valence-corrected chi connectivity index (χ3v) is 4.96. The van der Waals surface area contributed by atoms with Gasteiger partial charge in [-0.2, -0.15) is 13.2 Å². The second-order valence-corrected chi connectivity index (χ2v) is 7.27. The van der Waals surface area contributed by atoms with Crippen LogP contribution in [0.5, 0.6) is 5.88 Å². The molecule has 3 aromatic rings. The summed E-state index contributed by atoms with van der Waals surface area (Å²) in [4.78, 5) is 16.8. The van der Waals surface area contributed by atoms with Gasteiger partial charge in [-0.05, 0) is 17.5 Å². The molecule has 0 bridgehead atoms. The van der Waals surface area contributed by atoms with E-state index in [4.69, 9.17) is 14.6 Å². The van der Waals surface area contributed by atoms with Gasteiger partial charge in [0.25, 0.3) is 0 Å². The van der Waals surface area contributed by atoms with Crippen molar-refractivity contribution >= 4 is 17.3 Å². The van der Waals surface area contributed by atoms with Gasteiger partial charge in [0.2, 0.25) is 5.88 Å². The number of carboxylic acids is 1. The number of aromatic nitrogens is 4. The van der Waals surface area contributed by atoms with Gasteiger partial charge < -0.3 is 14.4 Å². The lowest BCUT2D eigenvalue weighted by Gasteiger charge is -2.27. The number of halogens is 3. The number of ether oxygens (including phenoxy) is 1. The van der Waals surface area contributed by atoms with Crippen LogP contribution in [0.4, 0.5) is 13.2 Å². The quantitative estimate of drug-likeness (QED) is 0.651. The number of nitrogens with zero attached hydrogens (tertiary/aromatic N) is 5. The average molecular weight is 441 g/mol. The zero-order valence-corrected chi connectivity index (χ0v) is 16.4. The number of fused-ring (bicyclic) bond motifs is 1. The van der Waals surface area contributed by atoms with Gasteiger partial charge in [0.1, 0.15) is 12.4 Å². The molecule has 0 amide bonds. The second kappa shape index (κ2) is 9.67. The van der Waals surface area contributed by atoms with Crippen molar-refractivity contribution in [1.29, 1.82) is 0 Å². The van der Waals surface area contributed by atoms with E-state index in [1.165, 1.54) is 4.88 Å². The summed E-state index contributed by atoms with van der Waals surface area (Å²) in [6, 6.07) is 9.89. The lowest BCUT2D eigenvalue weighted by molar-refractivity contribution is -0.192. The summed E-state index contributed by atoms with van der Waals surface area (Å²) in [6.45, 7) is 4.10. The SMILES string of the molecule is O=C(O)C(F)(F)F.c1ccc(OCc2nnc3n2CCN(Cc2cccs2)C3)nc1. The molecule has 1 N–H and O–H groups in total. The predicted molar refractivity (Wildman–Crippen MR) is 101 cm³/mol. The number of rotatable bonds is 5. The Labute approximate surface area is 173 Å². The number of alkyl halides is 3. The molecule has 4 heterocycles. The van der Waals surface area contributed by atoms with E-state index in [1.54, 1.807) is 17.5 Å². The van der Waals surface area contributed by atoms with Gasteiger partial charge in [0, 0.05) is 36.8 Å². The Bertz CT molecular complexity index is 948. The van der Waals surface area contributed by atoms with E-state index < -0.39 is 12.1 Å². The average Bonchev–Trinajstić information content (AvgIpc) is 3.36. The molecule has 160 valence electrons. The lowest BCUT2D eigenvalue weighted by Crippen LogP contribution is -2.33. The number of carbonyl (C=O) groups is 1. The van der Waals surface area contributed by atoms with Crippen LogP contribution in [0.2, 0.25) is 0 Å². The Morgan fingerprint density at radius 1 is 1.20 bits per heavy atom. The number of hydrogen-bond donors (Lipinski definition) is 1. The zero-order valence-electron chi connectivity index (χ0n) is 15.6. The van der Waals surface area contributed by atoms with Crippen molar-refractivity contribution in [3.63, 3.8) is 0 Å². The largest absolute Gasteiger partial charge is 0.490 e. The summed E-state index contributed by atoms with van der Waals surface area (Å²) in [5.41, 5.74) is 0. The van der Waals surface area contributed by atoms with Gasteiger partial charge in [-0.1, -0.05) is 12.1 Å².